The molecule has 10 nitrogen and oxygen atoms in total. The van der Waals surface area contributed by atoms with Crippen LogP contribution in [-0.4, -0.2) is 44.2 Å². The number of hydrogen-bond acceptors (Lipinski definition) is 8. The normalized spacial score (nSPS) is 28.1. The van der Waals surface area contributed by atoms with Gasteiger partial charge in [0.25, 0.3) is 5.56 Å². The van der Waals surface area contributed by atoms with Gasteiger partial charge in [-0.2, -0.15) is 0 Å². The zero-order valence-electron chi connectivity index (χ0n) is 14.2. The topological polar surface area (TPSA) is 140 Å². The lowest BCUT2D eigenvalue weighted by Crippen LogP contribution is -2.46. The number of ether oxygens (including phenoxy) is 1. The largest absolute Gasteiger partial charge is 0.750 e. The molecule has 1 saturated heterocycles. The number of para-hydroxylation sites is 1. The van der Waals surface area contributed by atoms with E-state index in [1.54, 1.807) is 30.3 Å². The van der Waals surface area contributed by atoms with Gasteiger partial charge in [-0.1, -0.05) is 18.2 Å². The lowest BCUT2D eigenvalue weighted by atomic mass is 9.96. The molecule has 144 valence electrons. The second-order valence-corrected chi connectivity index (χ2v) is 7.03. The zero-order chi connectivity index (χ0) is 19.6. The molecular weight excluding hydrogens is 379 g/mol. The van der Waals surface area contributed by atoms with E-state index in [0.29, 0.717) is 5.75 Å². The van der Waals surface area contributed by atoms with Crippen molar-refractivity contribution in [2.45, 2.75) is 31.0 Å². The lowest BCUT2D eigenvalue weighted by molar-refractivity contribution is -0.0984. The summed E-state index contributed by atoms with van der Waals surface area (Å²) in [5, 5.41) is 20.9. The fraction of sp³-hybridized carbons (Fsp3) is 0.375. The minimum absolute atomic E-state index is 0.344. The van der Waals surface area contributed by atoms with Gasteiger partial charge in [0.05, 0.1) is 0 Å². The number of hydrogen-bond donors (Lipinski definition) is 3. The van der Waals surface area contributed by atoms with Crippen LogP contribution in [0.2, 0.25) is 0 Å². The summed E-state index contributed by atoms with van der Waals surface area (Å²) >= 11 is 0. The Bertz CT molecular complexity index is 926. The van der Waals surface area contributed by atoms with E-state index in [9.17, 15) is 24.4 Å². The van der Waals surface area contributed by atoms with Gasteiger partial charge in [0, 0.05) is 16.8 Å². The molecule has 0 amide bonds. The number of rotatable bonds is 6. The molecule has 1 aliphatic heterocycles. The average Bonchev–Trinajstić information content (AvgIpc) is 2.84. The Balaban J connectivity index is 1.68. The Labute approximate surface area is 153 Å². The third-order valence-corrected chi connectivity index (χ3v) is 4.85. The first kappa shape index (κ1) is 19.4. The molecule has 0 bridgehead atoms. The van der Waals surface area contributed by atoms with Crippen LogP contribution in [0.5, 0.6) is 5.75 Å². The molecule has 0 spiro atoms. The first-order valence-corrected chi connectivity index (χ1v) is 9.09. The maximum Gasteiger partial charge on any atom is 0.750 e. The standard InChI is InChI=1S/C16H17N2O8P/c1-16(22)13(20)11(9-24-27(23)26-10-5-3-2-4-6-10)25-14(16)18-8-7-12(19)17-15(18)21/h2-8,11,13-14,20,22H,9H2,1H3/p+1/t11?,13-,14?,16-/m1/s1. The van der Waals surface area contributed by atoms with Crippen LogP contribution < -0.4 is 15.8 Å². The van der Waals surface area contributed by atoms with E-state index in [1.807, 2.05) is 4.98 Å². The number of H-pyrrole nitrogens is 1. The van der Waals surface area contributed by atoms with E-state index in [2.05, 4.69) is 0 Å². The number of nitrogens with one attached hydrogen (secondary N) is 1. The summed E-state index contributed by atoms with van der Waals surface area (Å²) in [5.41, 5.74) is -3.27. The molecule has 1 aromatic carbocycles. The SMILES string of the molecule is C[C@]1(O)C(n2ccc(=O)[nH]c2=O)OC(CO[P+](=O)Oc2ccccc2)[C@H]1O. The number of nitrogens with zero attached hydrogens (tertiary/aromatic N) is 1. The van der Waals surface area contributed by atoms with Crippen molar-refractivity contribution in [2.24, 2.45) is 0 Å². The van der Waals surface area contributed by atoms with Crippen molar-refractivity contribution in [1.82, 2.24) is 9.55 Å². The maximum absolute atomic E-state index is 11.9. The quantitative estimate of drug-likeness (QED) is 0.591. The predicted octanol–water partition coefficient (Wildman–Crippen LogP) is 0.299. The third-order valence-electron chi connectivity index (χ3n) is 4.13. The summed E-state index contributed by atoms with van der Waals surface area (Å²) in [7, 11) is -2.54. The highest BCUT2D eigenvalue weighted by atomic mass is 31.1. The van der Waals surface area contributed by atoms with E-state index in [0.717, 1.165) is 16.8 Å². The van der Waals surface area contributed by atoms with Gasteiger partial charge in [-0.25, -0.2) is 9.32 Å². The van der Waals surface area contributed by atoms with Crippen molar-refractivity contribution in [3.63, 3.8) is 0 Å². The molecule has 3 unspecified atom stereocenters. The molecule has 0 saturated carbocycles. The third kappa shape index (κ3) is 4.15. The van der Waals surface area contributed by atoms with Crippen LogP contribution in [0.1, 0.15) is 13.2 Å². The van der Waals surface area contributed by atoms with E-state index in [1.165, 1.54) is 6.92 Å². The second-order valence-electron chi connectivity index (χ2n) is 6.14. The van der Waals surface area contributed by atoms with Crippen molar-refractivity contribution in [3.8, 4) is 5.75 Å². The number of benzene rings is 1. The molecule has 5 atom stereocenters. The van der Waals surface area contributed by atoms with Gasteiger partial charge in [0.15, 0.2) is 12.0 Å². The summed E-state index contributed by atoms with van der Waals surface area (Å²) in [6, 6.07) is 9.45. The summed E-state index contributed by atoms with van der Waals surface area (Å²) in [6.07, 6.45) is -2.66. The van der Waals surface area contributed by atoms with Gasteiger partial charge in [-0.05, 0) is 19.1 Å². The predicted molar refractivity (Wildman–Crippen MR) is 92.5 cm³/mol. The molecule has 11 heteroatoms. The molecule has 0 aliphatic carbocycles. The number of aromatic amines is 1. The molecule has 2 heterocycles. The summed E-state index contributed by atoms with van der Waals surface area (Å²) in [4.78, 5) is 25.2. The number of aromatic nitrogens is 2. The molecular formula is C16H18N2O8P+. The minimum Gasteiger partial charge on any atom is -0.387 e. The van der Waals surface area contributed by atoms with Gasteiger partial charge in [-0.3, -0.25) is 14.3 Å². The van der Waals surface area contributed by atoms with Gasteiger partial charge < -0.3 is 14.9 Å². The fourth-order valence-electron chi connectivity index (χ4n) is 2.72. The van der Waals surface area contributed by atoms with Gasteiger partial charge in [0.2, 0.25) is 0 Å². The maximum atomic E-state index is 11.9. The Morgan fingerprint density at radius 2 is 2.00 bits per heavy atom. The van der Waals surface area contributed by atoms with E-state index >= 15 is 0 Å². The van der Waals surface area contributed by atoms with Crippen molar-refractivity contribution >= 4 is 8.25 Å². The highest BCUT2D eigenvalue weighted by molar-refractivity contribution is 7.33. The van der Waals surface area contributed by atoms with E-state index < -0.39 is 43.5 Å². The highest BCUT2D eigenvalue weighted by Gasteiger charge is 2.54. The molecule has 2 aromatic rings. The lowest BCUT2D eigenvalue weighted by Gasteiger charge is -2.27. The molecule has 0 radical (unpaired) electrons. The molecule has 27 heavy (non-hydrogen) atoms. The molecule has 1 aliphatic rings. The number of aliphatic hydroxyl groups excluding tert-OH is 1. The Kier molecular flexibility index (Phi) is 5.54. The van der Waals surface area contributed by atoms with Crippen LogP contribution in [0.4, 0.5) is 0 Å². The Morgan fingerprint density at radius 3 is 2.67 bits per heavy atom. The Morgan fingerprint density at radius 1 is 1.30 bits per heavy atom. The van der Waals surface area contributed by atoms with Crippen molar-refractivity contribution in [3.05, 3.63) is 63.4 Å². The average molecular weight is 397 g/mol. The van der Waals surface area contributed by atoms with E-state index in [-0.39, 0.29) is 6.61 Å². The molecule has 3 rings (SSSR count). The van der Waals surface area contributed by atoms with Crippen LogP contribution in [0, 0.1) is 0 Å². The minimum atomic E-state index is -2.54. The molecule has 1 fully saturated rings. The number of aliphatic hydroxyl groups is 2. The van der Waals surface area contributed by atoms with Crippen molar-refractivity contribution in [1.29, 1.82) is 0 Å². The first-order valence-electron chi connectivity index (χ1n) is 7.99. The van der Waals surface area contributed by atoms with Crippen LogP contribution in [-0.2, 0) is 13.8 Å². The van der Waals surface area contributed by atoms with Gasteiger partial charge in [-0.15, -0.1) is 4.52 Å². The highest BCUT2D eigenvalue weighted by Crippen LogP contribution is 2.38. The Hall–Kier alpha value is -2.36. The zero-order valence-corrected chi connectivity index (χ0v) is 15.1. The van der Waals surface area contributed by atoms with Crippen LogP contribution >= 0.6 is 8.25 Å². The summed E-state index contributed by atoms with van der Waals surface area (Å²) < 4.78 is 28.5. The fourth-order valence-corrected chi connectivity index (χ4v) is 3.33. The van der Waals surface area contributed by atoms with Gasteiger partial charge in [0.1, 0.15) is 24.4 Å². The van der Waals surface area contributed by atoms with Crippen molar-refractivity contribution < 1.29 is 28.6 Å². The summed E-state index contributed by atoms with van der Waals surface area (Å²) in [5.74, 6) is 0.344. The van der Waals surface area contributed by atoms with Crippen LogP contribution in [0.25, 0.3) is 0 Å². The summed E-state index contributed by atoms with van der Waals surface area (Å²) in [6.45, 7) is 0.925. The second kappa shape index (κ2) is 7.71. The first-order chi connectivity index (χ1) is 12.8. The van der Waals surface area contributed by atoms with Crippen LogP contribution in [0.15, 0.2) is 52.2 Å². The smallest absolute Gasteiger partial charge is 0.387 e. The van der Waals surface area contributed by atoms with Crippen molar-refractivity contribution in [2.75, 3.05) is 6.61 Å². The van der Waals surface area contributed by atoms with Gasteiger partial charge >= 0.3 is 13.9 Å². The van der Waals surface area contributed by atoms with E-state index in [4.69, 9.17) is 13.8 Å². The molecule has 1 aromatic heterocycles. The monoisotopic (exact) mass is 397 g/mol. The van der Waals surface area contributed by atoms with Crippen LogP contribution in [0.3, 0.4) is 0 Å². The molecule has 3 N–H and O–H groups in total.